The molecule has 0 unspecified atom stereocenters. The Morgan fingerprint density at radius 1 is 0.848 bits per heavy atom. The summed E-state index contributed by atoms with van der Waals surface area (Å²) in [5, 5.41) is 12.2. The largest absolute Gasteiger partial charge is 0.478 e. The quantitative estimate of drug-likeness (QED) is 0.448. The molecule has 3 aromatic carbocycles. The Kier molecular flexibility index (Phi) is 8.43. The topological polar surface area (TPSA) is 82.1 Å². The summed E-state index contributed by atoms with van der Waals surface area (Å²) in [4.78, 5) is 27.6. The van der Waals surface area contributed by atoms with Gasteiger partial charge in [-0.3, -0.25) is 9.69 Å². The number of carboxylic acid groups (broad SMARTS) is 1. The highest BCUT2D eigenvalue weighted by molar-refractivity contribution is 5.94. The van der Waals surface area contributed by atoms with E-state index < -0.39 is 5.97 Å². The number of nitrogens with one attached hydrogen (secondary N) is 1. The van der Waals surface area contributed by atoms with Gasteiger partial charge in [0.15, 0.2) is 0 Å². The van der Waals surface area contributed by atoms with Crippen LogP contribution in [0, 0.1) is 0 Å². The monoisotopic (exact) mass is 447 g/mol. The van der Waals surface area contributed by atoms with E-state index in [2.05, 4.69) is 5.32 Å². The van der Waals surface area contributed by atoms with Gasteiger partial charge in [-0.15, -0.1) is 0 Å². The van der Waals surface area contributed by atoms with Crippen molar-refractivity contribution < 1.29 is 19.4 Å². The van der Waals surface area contributed by atoms with Gasteiger partial charge in [0.2, 0.25) is 5.91 Å². The first-order chi connectivity index (χ1) is 15.9. The Bertz CT molecular complexity index is 1050. The highest BCUT2D eigenvalue weighted by Crippen LogP contribution is 2.22. The Hall–Kier alpha value is -3.84. The van der Waals surface area contributed by atoms with Crippen LogP contribution in [0.4, 0.5) is 11.4 Å². The van der Waals surface area contributed by atoms with Crippen LogP contribution in [0.1, 0.15) is 16.8 Å². The number of ether oxygens (including phenoxy) is 1. The number of aromatic carboxylic acids is 1. The fourth-order valence-corrected chi connectivity index (χ4v) is 3.44. The molecule has 7 nitrogen and oxygen atoms in total. The second kappa shape index (κ2) is 11.7. The predicted molar refractivity (Wildman–Crippen MR) is 130 cm³/mol. The number of nitrogens with zero attached hydrogens (tertiary/aromatic N) is 2. The van der Waals surface area contributed by atoms with Crippen molar-refractivity contribution >= 4 is 23.3 Å². The number of likely N-dealkylation sites (N-methyl/N-ethyl adjacent to an activating group) is 1. The van der Waals surface area contributed by atoms with E-state index in [9.17, 15) is 14.7 Å². The van der Waals surface area contributed by atoms with Gasteiger partial charge in [-0.05, 0) is 62.0 Å². The van der Waals surface area contributed by atoms with E-state index >= 15 is 0 Å². The average molecular weight is 448 g/mol. The van der Waals surface area contributed by atoms with Crippen molar-refractivity contribution in [1.82, 2.24) is 4.90 Å². The standard InChI is InChI=1S/C26H29N3O4/c1-28(17-8-18-29(2)24-12-7-6-11-23(24)26(31)32)19-25(30)27-20-13-15-22(16-14-20)33-21-9-4-3-5-10-21/h3-7,9-16H,8,17-19H2,1-2H3,(H,27,30)(H,31,32). The van der Waals surface area contributed by atoms with Crippen molar-refractivity contribution in [2.75, 3.05) is 43.9 Å². The van der Waals surface area contributed by atoms with Gasteiger partial charge in [-0.1, -0.05) is 30.3 Å². The molecule has 0 spiro atoms. The summed E-state index contributed by atoms with van der Waals surface area (Å²) in [5.41, 5.74) is 1.68. The lowest BCUT2D eigenvalue weighted by Gasteiger charge is -2.23. The van der Waals surface area contributed by atoms with Gasteiger partial charge in [0, 0.05) is 25.8 Å². The Morgan fingerprint density at radius 2 is 1.48 bits per heavy atom. The lowest BCUT2D eigenvalue weighted by Crippen LogP contribution is -2.32. The summed E-state index contributed by atoms with van der Waals surface area (Å²) in [6, 6.07) is 23.7. The first kappa shape index (κ1) is 23.8. The molecule has 2 N–H and O–H groups in total. The lowest BCUT2D eigenvalue weighted by atomic mass is 10.1. The van der Waals surface area contributed by atoms with Crippen molar-refractivity contribution in [3.05, 3.63) is 84.4 Å². The first-order valence-corrected chi connectivity index (χ1v) is 10.8. The van der Waals surface area contributed by atoms with Crippen molar-refractivity contribution in [1.29, 1.82) is 0 Å². The van der Waals surface area contributed by atoms with Crippen LogP contribution in [0.3, 0.4) is 0 Å². The van der Waals surface area contributed by atoms with Crippen molar-refractivity contribution in [2.45, 2.75) is 6.42 Å². The minimum atomic E-state index is -0.939. The molecule has 0 aliphatic heterocycles. The third-order valence-electron chi connectivity index (χ3n) is 5.11. The van der Waals surface area contributed by atoms with Gasteiger partial charge in [-0.25, -0.2) is 4.79 Å². The van der Waals surface area contributed by atoms with E-state index in [4.69, 9.17) is 4.74 Å². The zero-order valence-corrected chi connectivity index (χ0v) is 18.9. The molecule has 0 saturated heterocycles. The zero-order chi connectivity index (χ0) is 23.6. The van der Waals surface area contributed by atoms with E-state index in [0.717, 1.165) is 12.2 Å². The maximum atomic E-state index is 12.4. The highest BCUT2D eigenvalue weighted by atomic mass is 16.5. The second-order valence-corrected chi connectivity index (χ2v) is 7.82. The molecular weight excluding hydrogens is 418 g/mol. The molecule has 0 bridgehead atoms. The Morgan fingerprint density at radius 3 is 2.18 bits per heavy atom. The number of hydrogen-bond donors (Lipinski definition) is 2. The normalized spacial score (nSPS) is 10.6. The van der Waals surface area contributed by atoms with Crippen molar-refractivity contribution in [2.24, 2.45) is 0 Å². The molecule has 33 heavy (non-hydrogen) atoms. The number of rotatable bonds is 11. The van der Waals surface area contributed by atoms with Crippen molar-refractivity contribution in [3.8, 4) is 11.5 Å². The van der Waals surface area contributed by atoms with E-state index in [1.807, 2.05) is 84.6 Å². The molecule has 172 valence electrons. The number of anilines is 2. The first-order valence-electron chi connectivity index (χ1n) is 10.8. The summed E-state index contributed by atoms with van der Waals surface area (Å²) in [6.07, 6.45) is 0.791. The van der Waals surface area contributed by atoms with Gasteiger partial charge in [0.05, 0.1) is 17.8 Å². The number of carboxylic acids is 1. The number of carbonyl (C=O) groups is 2. The summed E-state index contributed by atoms with van der Waals surface area (Å²) < 4.78 is 5.76. The SMILES string of the molecule is CN(CCCN(C)c1ccccc1C(=O)O)CC(=O)Nc1ccc(Oc2ccccc2)cc1. The lowest BCUT2D eigenvalue weighted by molar-refractivity contribution is -0.117. The van der Waals surface area contributed by atoms with E-state index in [1.165, 1.54) is 0 Å². The molecule has 3 aromatic rings. The smallest absolute Gasteiger partial charge is 0.337 e. The highest BCUT2D eigenvalue weighted by Gasteiger charge is 2.13. The molecular formula is C26H29N3O4. The van der Waals surface area contributed by atoms with Crippen LogP contribution in [0.15, 0.2) is 78.9 Å². The molecule has 0 saturated carbocycles. The maximum absolute atomic E-state index is 12.4. The summed E-state index contributed by atoms with van der Waals surface area (Å²) >= 11 is 0. The number of benzene rings is 3. The Labute approximate surface area is 194 Å². The summed E-state index contributed by atoms with van der Waals surface area (Å²) in [5.74, 6) is 0.419. The number of hydrogen-bond acceptors (Lipinski definition) is 5. The number of carbonyl (C=O) groups excluding carboxylic acids is 1. The predicted octanol–water partition coefficient (Wildman–Crippen LogP) is 4.57. The molecule has 0 fully saturated rings. The molecule has 0 atom stereocenters. The molecule has 0 radical (unpaired) electrons. The summed E-state index contributed by atoms with van der Waals surface area (Å²) in [6.45, 7) is 1.65. The molecule has 1 amide bonds. The van der Waals surface area contributed by atoms with Crippen LogP contribution in [0.25, 0.3) is 0 Å². The Balaban J connectivity index is 1.41. The van der Waals surface area contributed by atoms with E-state index in [-0.39, 0.29) is 18.0 Å². The van der Waals surface area contributed by atoms with Crippen LogP contribution in [0.5, 0.6) is 11.5 Å². The van der Waals surface area contributed by atoms with Gasteiger partial charge < -0.3 is 20.1 Å². The van der Waals surface area contributed by atoms with Crippen LogP contribution in [-0.4, -0.2) is 55.6 Å². The van der Waals surface area contributed by atoms with Gasteiger partial charge in [-0.2, -0.15) is 0 Å². The number of para-hydroxylation sites is 2. The average Bonchev–Trinajstić information content (AvgIpc) is 2.81. The van der Waals surface area contributed by atoms with Crippen LogP contribution >= 0.6 is 0 Å². The molecule has 0 aliphatic rings. The minimum absolute atomic E-state index is 0.0983. The summed E-state index contributed by atoms with van der Waals surface area (Å²) in [7, 11) is 3.77. The fourth-order valence-electron chi connectivity index (χ4n) is 3.44. The number of amides is 1. The molecule has 0 heterocycles. The van der Waals surface area contributed by atoms with E-state index in [0.29, 0.717) is 30.2 Å². The van der Waals surface area contributed by atoms with Crippen LogP contribution in [-0.2, 0) is 4.79 Å². The minimum Gasteiger partial charge on any atom is -0.478 e. The second-order valence-electron chi connectivity index (χ2n) is 7.82. The van der Waals surface area contributed by atoms with Gasteiger partial charge >= 0.3 is 5.97 Å². The molecule has 7 heteroatoms. The van der Waals surface area contributed by atoms with Crippen molar-refractivity contribution in [3.63, 3.8) is 0 Å². The van der Waals surface area contributed by atoms with E-state index in [1.54, 1.807) is 18.2 Å². The van der Waals surface area contributed by atoms with Crippen LogP contribution in [0.2, 0.25) is 0 Å². The molecule has 0 aromatic heterocycles. The molecule has 3 rings (SSSR count). The third kappa shape index (κ3) is 7.36. The maximum Gasteiger partial charge on any atom is 0.337 e. The molecule has 0 aliphatic carbocycles. The van der Waals surface area contributed by atoms with Gasteiger partial charge in [0.25, 0.3) is 0 Å². The van der Waals surface area contributed by atoms with Gasteiger partial charge in [0.1, 0.15) is 11.5 Å². The zero-order valence-electron chi connectivity index (χ0n) is 18.9. The third-order valence-corrected chi connectivity index (χ3v) is 5.11. The fraction of sp³-hybridized carbons (Fsp3) is 0.231. The van der Waals surface area contributed by atoms with Crippen LogP contribution < -0.4 is 15.0 Å².